The number of aryl methyl sites for hydroxylation is 1. The minimum atomic E-state index is -1.16. The lowest BCUT2D eigenvalue weighted by molar-refractivity contribution is -0.145. The molecule has 1 aromatic heterocycles. The molecule has 1 heterocycles. The number of aromatic nitrogens is 2. The number of benzene rings is 1. The number of carboxylic acid groups (broad SMARTS) is 1. The molecule has 2 N–H and O–H groups in total. The van der Waals surface area contributed by atoms with E-state index in [4.69, 9.17) is 0 Å². The monoisotopic (exact) mass is 259 g/mol. The van der Waals surface area contributed by atoms with Crippen LogP contribution < -0.4 is 5.32 Å². The second kappa shape index (κ2) is 5.24. The van der Waals surface area contributed by atoms with Crippen molar-refractivity contribution in [3.63, 3.8) is 0 Å². The Kier molecular flexibility index (Phi) is 3.66. The Hall–Kier alpha value is -2.14. The van der Waals surface area contributed by atoms with Crippen LogP contribution >= 0.6 is 0 Å². The fourth-order valence-corrected chi connectivity index (χ4v) is 2.16. The van der Waals surface area contributed by atoms with Crippen LogP contribution in [0.3, 0.4) is 0 Å². The summed E-state index contributed by atoms with van der Waals surface area (Å²) in [5.74, 6) is -0.119. The van der Waals surface area contributed by atoms with Crippen molar-refractivity contribution in [1.82, 2.24) is 14.9 Å². The summed E-state index contributed by atoms with van der Waals surface area (Å²) in [6.07, 6.45) is 3.45. The molecule has 5 heteroatoms. The first-order valence-electron chi connectivity index (χ1n) is 6.06. The van der Waals surface area contributed by atoms with Crippen molar-refractivity contribution in [2.75, 3.05) is 7.05 Å². The molecule has 0 aliphatic heterocycles. The zero-order chi connectivity index (χ0) is 13.9. The molecule has 2 aromatic rings. The lowest BCUT2D eigenvalue weighted by Crippen LogP contribution is -2.50. The molecule has 1 unspecified atom stereocenters. The van der Waals surface area contributed by atoms with Gasteiger partial charge in [0.15, 0.2) is 5.54 Å². The molecule has 0 amide bonds. The number of nitrogens with zero attached hydrogens (tertiary/aromatic N) is 2. The van der Waals surface area contributed by atoms with Gasteiger partial charge in [-0.25, -0.2) is 9.78 Å². The second-order valence-corrected chi connectivity index (χ2v) is 4.43. The van der Waals surface area contributed by atoms with E-state index in [1.807, 2.05) is 41.8 Å². The highest BCUT2D eigenvalue weighted by atomic mass is 16.4. The maximum atomic E-state index is 11.8. The highest BCUT2D eigenvalue weighted by Crippen LogP contribution is 2.24. The largest absolute Gasteiger partial charge is 0.480 e. The van der Waals surface area contributed by atoms with Crippen LogP contribution in [0, 0.1) is 6.92 Å². The fourth-order valence-electron chi connectivity index (χ4n) is 2.16. The average molecular weight is 259 g/mol. The molecule has 0 bridgehead atoms. The number of rotatable bonds is 5. The third kappa shape index (κ3) is 2.37. The van der Waals surface area contributed by atoms with Crippen LogP contribution in [-0.2, 0) is 16.9 Å². The van der Waals surface area contributed by atoms with E-state index < -0.39 is 11.5 Å². The van der Waals surface area contributed by atoms with Crippen molar-refractivity contribution in [3.8, 4) is 0 Å². The summed E-state index contributed by atoms with van der Waals surface area (Å²) < 4.78 is 1.83. The lowest BCUT2D eigenvalue weighted by Gasteiger charge is -2.30. The normalized spacial score (nSPS) is 14.0. The van der Waals surface area contributed by atoms with Gasteiger partial charge in [-0.1, -0.05) is 30.3 Å². The first-order chi connectivity index (χ1) is 9.10. The Bertz CT molecular complexity index is 565. The molecule has 0 fully saturated rings. The number of carbonyl (C=O) groups is 1. The van der Waals surface area contributed by atoms with Crippen LogP contribution in [0.2, 0.25) is 0 Å². The van der Waals surface area contributed by atoms with Crippen molar-refractivity contribution in [1.29, 1.82) is 0 Å². The first-order valence-corrected chi connectivity index (χ1v) is 6.06. The first kappa shape index (κ1) is 13.3. The molecular weight excluding hydrogens is 242 g/mol. The SMILES string of the molecule is CNC(Cn1ccnc1C)(C(=O)O)c1ccccc1. The Balaban J connectivity index is 2.47. The van der Waals surface area contributed by atoms with E-state index in [0.29, 0.717) is 0 Å². The number of likely N-dealkylation sites (N-methyl/N-ethyl adjacent to an activating group) is 1. The van der Waals surface area contributed by atoms with Crippen LogP contribution in [-0.4, -0.2) is 27.7 Å². The highest BCUT2D eigenvalue weighted by molar-refractivity contribution is 5.80. The molecule has 100 valence electrons. The number of aliphatic carboxylic acids is 1. The summed E-state index contributed by atoms with van der Waals surface area (Å²) in [6.45, 7) is 2.14. The summed E-state index contributed by atoms with van der Waals surface area (Å²) in [5, 5.41) is 12.6. The van der Waals surface area contributed by atoms with E-state index in [2.05, 4.69) is 10.3 Å². The van der Waals surface area contributed by atoms with Crippen LogP contribution in [0.5, 0.6) is 0 Å². The third-order valence-corrected chi connectivity index (χ3v) is 3.39. The molecule has 0 spiro atoms. The molecular formula is C14H17N3O2. The van der Waals surface area contributed by atoms with Crippen LogP contribution in [0.25, 0.3) is 0 Å². The Morgan fingerprint density at radius 3 is 2.58 bits per heavy atom. The third-order valence-electron chi connectivity index (χ3n) is 3.39. The van der Waals surface area contributed by atoms with Crippen LogP contribution in [0.4, 0.5) is 0 Å². The molecule has 5 nitrogen and oxygen atoms in total. The summed E-state index contributed by atoms with van der Waals surface area (Å²) in [6, 6.07) is 9.18. The molecule has 19 heavy (non-hydrogen) atoms. The summed E-state index contributed by atoms with van der Waals surface area (Å²) >= 11 is 0. The van der Waals surface area contributed by atoms with Crippen LogP contribution in [0.15, 0.2) is 42.7 Å². The van der Waals surface area contributed by atoms with Gasteiger partial charge in [0.1, 0.15) is 5.82 Å². The van der Waals surface area contributed by atoms with Gasteiger partial charge in [0.25, 0.3) is 0 Å². The van der Waals surface area contributed by atoms with E-state index in [-0.39, 0.29) is 6.54 Å². The van der Waals surface area contributed by atoms with E-state index in [0.717, 1.165) is 11.4 Å². The molecule has 2 rings (SSSR count). The molecule has 0 radical (unpaired) electrons. The predicted molar refractivity (Wildman–Crippen MR) is 71.8 cm³/mol. The molecule has 1 atom stereocenters. The summed E-state index contributed by atoms with van der Waals surface area (Å²) in [4.78, 5) is 15.9. The van der Waals surface area contributed by atoms with Gasteiger partial charge in [0.2, 0.25) is 0 Å². The number of carboxylic acids is 1. The van der Waals surface area contributed by atoms with Crippen molar-refractivity contribution in [3.05, 3.63) is 54.1 Å². The number of hydrogen-bond donors (Lipinski definition) is 2. The quantitative estimate of drug-likeness (QED) is 0.851. The zero-order valence-corrected chi connectivity index (χ0v) is 11.0. The van der Waals surface area contributed by atoms with Crippen molar-refractivity contribution >= 4 is 5.97 Å². The van der Waals surface area contributed by atoms with Gasteiger partial charge in [-0.05, 0) is 19.5 Å². The van der Waals surface area contributed by atoms with Crippen molar-refractivity contribution < 1.29 is 9.90 Å². The Morgan fingerprint density at radius 1 is 1.42 bits per heavy atom. The number of imidazole rings is 1. The van der Waals surface area contributed by atoms with Crippen molar-refractivity contribution in [2.45, 2.75) is 19.0 Å². The lowest BCUT2D eigenvalue weighted by atomic mass is 9.89. The van der Waals surface area contributed by atoms with E-state index in [1.54, 1.807) is 19.4 Å². The molecule has 1 aromatic carbocycles. The average Bonchev–Trinajstić information content (AvgIpc) is 2.82. The summed E-state index contributed by atoms with van der Waals surface area (Å²) in [7, 11) is 1.66. The smallest absolute Gasteiger partial charge is 0.330 e. The minimum absolute atomic E-state index is 0.286. The fraction of sp³-hybridized carbons (Fsp3) is 0.286. The molecule has 0 saturated heterocycles. The minimum Gasteiger partial charge on any atom is -0.480 e. The van der Waals surface area contributed by atoms with E-state index in [1.165, 1.54) is 0 Å². The molecule has 0 aliphatic rings. The summed E-state index contributed by atoms with van der Waals surface area (Å²) in [5.41, 5.74) is -0.440. The molecule has 0 saturated carbocycles. The van der Waals surface area contributed by atoms with Gasteiger partial charge in [0.05, 0.1) is 6.54 Å². The number of nitrogens with one attached hydrogen (secondary N) is 1. The van der Waals surface area contributed by atoms with Crippen molar-refractivity contribution in [2.24, 2.45) is 0 Å². The Morgan fingerprint density at radius 2 is 2.11 bits per heavy atom. The zero-order valence-electron chi connectivity index (χ0n) is 11.0. The van der Waals surface area contributed by atoms with Gasteiger partial charge in [-0.3, -0.25) is 5.32 Å². The maximum Gasteiger partial charge on any atom is 0.330 e. The van der Waals surface area contributed by atoms with Crippen LogP contribution in [0.1, 0.15) is 11.4 Å². The topological polar surface area (TPSA) is 67.2 Å². The second-order valence-electron chi connectivity index (χ2n) is 4.43. The highest BCUT2D eigenvalue weighted by Gasteiger charge is 2.39. The standard InChI is InChI=1S/C14H17N3O2/c1-11-16-8-9-17(11)10-14(15-2,13(18)19)12-6-4-3-5-7-12/h3-9,15H,10H2,1-2H3,(H,18,19). The maximum absolute atomic E-state index is 11.8. The van der Waals surface area contributed by atoms with Gasteiger partial charge in [0, 0.05) is 12.4 Å². The van der Waals surface area contributed by atoms with E-state index >= 15 is 0 Å². The Labute approximate surface area is 111 Å². The molecule has 0 aliphatic carbocycles. The van der Waals surface area contributed by atoms with Gasteiger partial charge in [-0.15, -0.1) is 0 Å². The van der Waals surface area contributed by atoms with E-state index in [9.17, 15) is 9.90 Å². The van der Waals surface area contributed by atoms with Gasteiger partial charge < -0.3 is 9.67 Å². The van der Waals surface area contributed by atoms with Gasteiger partial charge >= 0.3 is 5.97 Å². The van der Waals surface area contributed by atoms with Gasteiger partial charge in [-0.2, -0.15) is 0 Å². The predicted octanol–water partition coefficient (Wildman–Crippen LogP) is 1.39. The number of hydrogen-bond acceptors (Lipinski definition) is 3.